The monoisotopic (exact) mass is 495 g/mol. The highest BCUT2D eigenvalue weighted by Crippen LogP contribution is 2.42. The van der Waals surface area contributed by atoms with Crippen LogP contribution < -0.4 is 0 Å². The summed E-state index contributed by atoms with van der Waals surface area (Å²) in [7, 11) is -4.19. The predicted octanol–water partition coefficient (Wildman–Crippen LogP) is 5.40. The molecule has 2 atom stereocenters. The van der Waals surface area contributed by atoms with Crippen molar-refractivity contribution in [3.63, 3.8) is 0 Å². The summed E-state index contributed by atoms with van der Waals surface area (Å²) < 4.78 is 26.4. The van der Waals surface area contributed by atoms with Crippen LogP contribution in [0.25, 0.3) is 22.4 Å². The second kappa shape index (κ2) is 11.0. The number of rotatable bonds is 7. The fourth-order valence-corrected chi connectivity index (χ4v) is 4.91. The van der Waals surface area contributed by atoms with E-state index in [2.05, 4.69) is 11.6 Å². The van der Waals surface area contributed by atoms with Gasteiger partial charge >= 0.3 is 5.97 Å². The van der Waals surface area contributed by atoms with Gasteiger partial charge in [-0.3, -0.25) is 14.3 Å². The van der Waals surface area contributed by atoms with Crippen LogP contribution in [-0.4, -0.2) is 38.3 Å². The van der Waals surface area contributed by atoms with Gasteiger partial charge in [0, 0.05) is 11.1 Å². The number of benzene rings is 2. The smallest absolute Gasteiger partial charge is 0.305 e. The topological polar surface area (TPSA) is 108 Å². The summed E-state index contributed by atoms with van der Waals surface area (Å²) in [4.78, 5) is 26.0. The number of halogens is 1. The fourth-order valence-electron chi connectivity index (χ4n) is 3.83. The Morgan fingerprint density at radius 3 is 2.29 bits per heavy atom. The Morgan fingerprint density at radius 1 is 1.09 bits per heavy atom. The highest BCUT2D eigenvalue weighted by atomic mass is 31.2. The van der Waals surface area contributed by atoms with E-state index in [4.69, 9.17) is 10.1 Å². The number of hydrogen-bond donors (Lipinski definition) is 3. The first-order chi connectivity index (χ1) is 16.5. The third-order valence-corrected chi connectivity index (χ3v) is 6.80. The van der Waals surface area contributed by atoms with Crippen molar-refractivity contribution < 1.29 is 28.9 Å². The van der Waals surface area contributed by atoms with Gasteiger partial charge in [0.15, 0.2) is 0 Å². The number of aliphatic carboxylic acids is 1. The van der Waals surface area contributed by atoms with Crippen LogP contribution in [0.2, 0.25) is 0 Å². The van der Waals surface area contributed by atoms with Gasteiger partial charge < -0.3 is 15.1 Å². The van der Waals surface area contributed by atoms with Crippen LogP contribution in [0.4, 0.5) is 4.39 Å². The molecule has 182 valence electrons. The van der Waals surface area contributed by atoms with E-state index in [9.17, 15) is 23.7 Å². The molecule has 0 aliphatic heterocycles. The van der Waals surface area contributed by atoms with Crippen molar-refractivity contribution in [3.8, 4) is 34.0 Å². The number of nitrogens with zero attached hydrogens (tertiary/aromatic N) is 1. The molecule has 0 bridgehead atoms. The zero-order valence-electron chi connectivity index (χ0n) is 19.7. The summed E-state index contributed by atoms with van der Waals surface area (Å²) in [6.45, 7) is 5.74. The van der Waals surface area contributed by atoms with Crippen LogP contribution in [0.1, 0.15) is 43.0 Å². The fraction of sp³-hybridized carbons (Fsp3) is 0.259. The zero-order valence-corrected chi connectivity index (χ0v) is 20.6. The van der Waals surface area contributed by atoms with Crippen molar-refractivity contribution in [2.45, 2.75) is 39.2 Å². The van der Waals surface area contributed by atoms with E-state index < -0.39 is 37.8 Å². The third-order valence-electron chi connectivity index (χ3n) is 5.42. The van der Waals surface area contributed by atoms with Crippen molar-refractivity contribution in [3.05, 3.63) is 77.2 Å². The molecule has 35 heavy (non-hydrogen) atoms. The van der Waals surface area contributed by atoms with Gasteiger partial charge in [-0.2, -0.15) is 0 Å². The lowest BCUT2D eigenvalue weighted by Crippen LogP contribution is -2.17. The van der Waals surface area contributed by atoms with Gasteiger partial charge in [0.1, 0.15) is 5.82 Å². The molecule has 1 unspecified atom stereocenters. The number of aliphatic hydroxyl groups is 1. The Bertz CT molecular complexity index is 1330. The summed E-state index contributed by atoms with van der Waals surface area (Å²) in [5, 5.41) is 18.6. The molecule has 1 heterocycles. The first-order valence-electron chi connectivity index (χ1n) is 11.1. The Kier molecular flexibility index (Phi) is 8.24. The number of aromatic nitrogens is 1. The van der Waals surface area contributed by atoms with Crippen LogP contribution in [0.5, 0.6) is 0 Å². The van der Waals surface area contributed by atoms with E-state index in [1.165, 1.54) is 12.1 Å². The number of carboxylic acids is 1. The number of carbonyl (C=O) groups is 1. The maximum absolute atomic E-state index is 13.7. The molecule has 0 aliphatic rings. The number of carboxylic acid groups (broad SMARTS) is 1. The summed E-state index contributed by atoms with van der Waals surface area (Å²) >= 11 is 0. The quantitative estimate of drug-likeness (QED) is 0.299. The highest BCUT2D eigenvalue weighted by Gasteiger charge is 2.24. The summed E-state index contributed by atoms with van der Waals surface area (Å²) in [6.07, 6.45) is -2.82. The second-order valence-corrected chi connectivity index (χ2v) is 10.6. The van der Waals surface area contributed by atoms with Crippen LogP contribution in [0.15, 0.2) is 54.6 Å². The molecule has 3 N–H and O–H groups in total. The molecule has 0 aliphatic carbocycles. The molecule has 8 heteroatoms. The van der Waals surface area contributed by atoms with Crippen molar-refractivity contribution in [1.29, 1.82) is 0 Å². The minimum atomic E-state index is -4.19. The van der Waals surface area contributed by atoms with Gasteiger partial charge in [-0.15, -0.1) is 0 Å². The Labute approximate surface area is 203 Å². The molecule has 0 amide bonds. The van der Waals surface area contributed by atoms with Gasteiger partial charge in [0.25, 0.3) is 7.37 Å². The van der Waals surface area contributed by atoms with Gasteiger partial charge in [-0.25, -0.2) is 4.39 Å². The summed E-state index contributed by atoms with van der Waals surface area (Å²) in [5.74, 6) is 1.05. The van der Waals surface area contributed by atoms with E-state index in [1.54, 1.807) is 12.1 Å². The highest BCUT2D eigenvalue weighted by molar-refractivity contribution is 7.63. The maximum atomic E-state index is 13.7. The van der Waals surface area contributed by atoms with E-state index in [-0.39, 0.29) is 5.92 Å². The number of hydrogen-bond acceptors (Lipinski definition) is 4. The Morgan fingerprint density at radius 2 is 1.71 bits per heavy atom. The number of pyridine rings is 1. The maximum Gasteiger partial charge on any atom is 0.305 e. The SMILES string of the molecule is Cc1c(-c2ccccc2)nc(C(C)C)c(C#CP(=O)(O)C[C@H](O)CC(=O)O)c1-c1ccc(F)cc1. The average molecular weight is 495 g/mol. The zero-order chi connectivity index (χ0) is 25.8. The van der Waals surface area contributed by atoms with Gasteiger partial charge in [0.05, 0.1) is 35.6 Å². The molecule has 3 rings (SSSR count). The van der Waals surface area contributed by atoms with Crippen LogP contribution in [0.3, 0.4) is 0 Å². The molecule has 2 aromatic carbocycles. The largest absolute Gasteiger partial charge is 0.481 e. The van der Waals surface area contributed by atoms with Crippen molar-refractivity contribution in [2.75, 3.05) is 6.16 Å². The predicted molar refractivity (Wildman–Crippen MR) is 134 cm³/mol. The van der Waals surface area contributed by atoms with Crippen molar-refractivity contribution in [2.24, 2.45) is 0 Å². The van der Waals surface area contributed by atoms with E-state index >= 15 is 0 Å². The van der Waals surface area contributed by atoms with Crippen molar-refractivity contribution >= 4 is 13.3 Å². The molecule has 1 aromatic heterocycles. The van der Waals surface area contributed by atoms with Gasteiger partial charge in [-0.1, -0.05) is 62.2 Å². The summed E-state index contributed by atoms with van der Waals surface area (Å²) in [5.41, 5.74) is 7.15. The standard InChI is InChI=1S/C27H27FNO5P/c1-17(2)26-23(13-14-35(33,34)16-22(30)15-24(31)32)25(19-9-11-21(28)12-10-19)18(3)27(29-26)20-7-5-4-6-8-20/h4-12,17,22,30H,15-16H2,1-3H3,(H,31,32)(H,33,34)/t22-/m1/s1. The van der Waals surface area contributed by atoms with E-state index in [0.29, 0.717) is 22.4 Å². The lowest BCUT2D eigenvalue weighted by Gasteiger charge is -2.19. The summed E-state index contributed by atoms with van der Waals surface area (Å²) in [6, 6.07) is 15.5. The first kappa shape index (κ1) is 26.3. The minimum absolute atomic E-state index is 0.0998. The average Bonchev–Trinajstić information content (AvgIpc) is 2.78. The molecular formula is C27H27FNO5P. The van der Waals surface area contributed by atoms with Crippen LogP contribution in [-0.2, 0) is 9.36 Å². The van der Waals surface area contributed by atoms with Crippen LogP contribution >= 0.6 is 7.37 Å². The molecule has 0 radical (unpaired) electrons. The Hall–Kier alpha value is -3.30. The van der Waals surface area contributed by atoms with Crippen molar-refractivity contribution in [1.82, 2.24) is 4.98 Å². The molecule has 0 saturated carbocycles. The third kappa shape index (κ3) is 6.64. The molecule has 0 saturated heterocycles. The first-order valence-corrected chi connectivity index (χ1v) is 12.9. The Balaban J connectivity index is 2.25. The van der Waals surface area contributed by atoms with E-state index in [0.717, 1.165) is 16.8 Å². The lowest BCUT2D eigenvalue weighted by atomic mass is 9.89. The molecular weight excluding hydrogens is 468 g/mol. The normalized spacial score (nSPS) is 13.6. The molecule has 3 aromatic rings. The van der Waals surface area contributed by atoms with Gasteiger partial charge in [-0.05, 0) is 41.8 Å². The molecule has 0 fully saturated rings. The van der Waals surface area contributed by atoms with Crippen LogP contribution in [0, 0.1) is 24.3 Å². The second-order valence-electron chi connectivity index (χ2n) is 8.62. The van der Waals surface area contributed by atoms with Gasteiger partial charge in [0.2, 0.25) is 0 Å². The lowest BCUT2D eigenvalue weighted by molar-refractivity contribution is -0.138. The molecule has 6 nitrogen and oxygen atoms in total. The minimum Gasteiger partial charge on any atom is -0.481 e. The molecule has 0 spiro atoms. The number of aliphatic hydroxyl groups excluding tert-OH is 1. The van der Waals surface area contributed by atoms with E-state index in [1.807, 2.05) is 51.1 Å².